The van der Waals surface area contributed by atoms with Crippen molar-refractivity contribution in [1.29, 1.82) is 0 Å². The predicted molar refractivity (Wildman–Crippen MR) is 150 cm³/mol. The second-order valence-corrected chi connectivity index (χ2v) is 10.8. The van der Waals surface area contributed by atoms with Crippen molar-refractivity contribution in [2.45, 2.75) is 20.0 Å². The SMILES string of the molecule is Cc1nc2ccc(C(=O)NS(=O)(=O)NCc3ccccc3)cc2n1Cc1ccc(-c2ccccc2)cc1Cl. The van der Waals surface area contributed by atoms with E-state index in [-0.39, 0.29) is 12.1 Å². The summed E-state index contributed by atoms with van der Waals surface area (Å²) >= 11 is 6.66. The number of aryl methyl sites for hydroxylation is 1. The smallest absolute Gasteiger partial charge is 0.301 e. The number of aromatic nitrogens is 2. The highest BCUT2D eigenvalue weighted by Crippen LogP contribution is 2.28. The zero-order chi connectivity index (χ0) is 26.7. The molecule has 1 amide bonds. The van der Waals surface area contributed by atoms with Crippen LogP contribution in [0.15, 0.2) is 97.1 Å². The van der Waals surface area contributed by atoms with Crippen molar-refractivity contribution in [2.24, 2.45) is 0 Å². The molecule has 0 atom stereocenters. The van der Waals surface area contributed by atoms with Crippen LogP contribution in [-0.2, 0) is 23.3 Å². The van der Waals surface area contributed by atoms with Gasteiger partial charge in [0.05, 0.1) is 17.6 Å². The maximum atomic E-state index is 12.8. The molecular formula is C29H25ClN4O3S. The predicted octanol–water partition coefficient (Wildman–Crippen LogP) is 5.48. The fourth-order valence-electron chi connectivity index (χ4n) is 4.23. The molecule has 0 unspecified atom stereocenters. The number of nitrogens with one attached hydrogen (secondary N) is 2. The first-order valence-electron chi connectivity index (χ1n) is 12.0. The summed E-state index contributed by atoms with van der Waals surface area (Å²) in [5, 5.41) is 0.622. The van der Waals surface area contributed by atoms with E-state index in [1.807, 2.05) is 78.2 Å². The van der Waals surface area contributed by atoms with E-state index in [1.165, 1.54) is 0 Å². The van der Waals surface area contributed by atoms with Gasteiger partial charge in [0.1, 0.15) is 5.82 Å². The lowest BCUT2D eigenvalue weighted by atomic mass is 10.0. The normalized spacial score (nSPS) is 11.5. The van der Waals surface area contributed by atoms with E-state index in [2.05, 4.69) is 14.4 Å². The summed E-state index contributed by atoms with van der Waals surface area (Å²) in [6, 6.07) is 29.9. The third kappa shape index (κ3) is 5.78. The van der Waals surface area contributed by atoms with Crippen molar-refractivity contribution in [3.63, 3.8) is 0 Å². The van der Waals surface area contributed by atoms with Gasteiger partial charge in [0.25, 0.3) is 5.91 Å². The molecule has 0 aliphatic rings. The fraction of sp³-hybridized carbons (Fsp3) is 0.103. The number of hydrogen-bond acceptors (Lipinski definition) is 4. The molecule has 0 saturated carbocycles. The Labute approximate surface area is 226 Å². The molecule has 0 aliphatic carbocycles. The fourth-order valence-corrected chi connectivity index (χ4v) is 5.26. The van der Waals surface area contributed by atoms with Crippen molar-refractivity contribution in [1.82, 2.24) is 19.0 Å². The largest absolute Gasteiger partial charge is 0.324 e. The van der Waals surface area contributed by atoms with Crippen LogP contribution in [-0.4, -0.2) is 23.9 Å². The minimum absolute atomic E-state index is 0.0677. The molecule has 0 spiro atoms. The second-order valence-electron chi connectivity index (χ2n) is 8.86. The van der Waals surface area contributed by atoms with Gasteiger partial charge in [0, 0.05) is 17.1 Å². The third-order valence-electron chi connectivity index (χ3n) is 6.23. The quantitative estimate of drug-likeness (QED) is 0.270. The monoisotopic (exact) mass is 544 g/mol. The minimum atomic E-state index is -4.06. The lowest BCUT2D eigenvalue weighted by Gasteiger charge is -2.12. The van der Waals surface area contributed by atoms with E-state index in [9.17, 15) is 13.2 Å². The van der Waals surface area contributed by atoms with Crippen LogP contribution in [0.2, 0.25) is 5.02 Å². The number of amides is 1. The van der Waals surface area contributed by atoms with Crippen LogP contribution in [0.3, 0.4) is 0 Å². The number of rotatable bonds is 8. The Morgan fingerprint density at radius 3 is 2.32 bits per heavy atom. The molecule has 5 rings (SSSR count). The van der Waals surface area contributed by atoms with Crippen LogP contribution in [0.5, 0.6) is 0 Å². The standard InChI is InChI=1S/C29H25ClN4O3S/c1-20-32-27-15-14-24(29(35)33-38(36,37)31-18-21-8-4-2-5-9-21)17-28(27)34(20)19-25-13-12-23(16-26(25)30)22-10-6-3-7-11-22/h2-17,31H,18-19H2,1H3,(H,33,35). The number of carbonyl (C=O) groups excluding carboxylic acids is 1. The Hall–Kier alpha value is -3.98. The highest BCUT2D eigenvalue weighted by atomic mass is 35.5. The van der Waals surface area contributed by atoms with E-state index >= 15 is 0 Å². The summed E-state index contributed by atoms with van der Waals surface area (Å²) < 4.78 is 31.3. The van der Waals surface area contributed by atoms with Crippen LogP contribution < -0.4 is 9.44 Å². The zero-order valence-electron chi connectivity index (χ0n) is 20.6. The first-order valence-corrected chi connectivity index (χ1v) is 13.8. The molecule has 0 bridgehead atoms. The number of nitrogens with zero attached hydrogens (tertiary/aromatic N) is 2. The van der Waals surface area contributed by atoms with Gasteiger partial charge in [0.15, 0.2) is 0 Å². The minimum Gasteiger partial charge on any atom is -0.324 e. The Morgan fingerprint density at radius 2 is 1.61 bits per heavy atom. The molecule has 5 aromatic rings. The Kier molecular flexibility index (Phi) is 7.28. The Morgan fingerprint density at radius 1 is 0.895 bits per heavy atom. The molecule has 0 radical (unpaired) electrons. The zero-order valence-corrected chi connectivity index (χ0v) is 22.1. The maximum Gasteiger partial charge on any atom is 0.301 e. The first kappa shape index (κ1) is 25.7. The lowest BCUT2D eigenvalue weighted by molar-refractivity contribution is 0.0981. The molecule has 1 aromatic heterocycles. The highest BCUT2D eigenvalue weighted by Gasteiger charge is 2.18. The number of hydrogen-bond donors (Lipinski definition) is 2. The Balaban J connectivity index is 1.36. The van der Waals surface area contributed by atoms with Gasteiger partial charge in [0.2, 0.25) is 0 Å². The molecule has 4 aromatic carbocycles. The lowest BCUT2D eigenvalue weighted by Crippen LogP contribution is -2.39. The number of carbonyl (C=O) groups is 1. The molecule has 0 saturated heterocycles. The summed E-state index contributed by atoms with van der Waals surface area (Å²) in [4.78, 5) is 17.4. The highest BCUT2D eigenvalue weighted by molar-refractivity contribution is 7.88. The average Bonchev–Trinajstić information content (AvgIpc) is 3.23. The van der Waals surface area contributed by atoms with Crippen LogP contribution in [0.4, 0.5) is 0 Å². The molecule has 0 aliphatic heterocycles. The Bertz CT molecular complexity index is 1720. The van der Waals surface area contributed by atoms with E-state index in [0.717, 1.165) is 28.1 Å². The van der Waals surface area contributed by atoms with Gasteiger partial charge in [-0.2, -0.15) is 13.1 Å². The van der Waals surface area contributed by atoms with Crippen LogP contribution >= 0.6 is 11.6 Å². The van der Waals surface area contributed by atoms with Gasteiger partial charge >= 0.3 is 10.2 Å². The summed E-state index contributed by atoms with van der Waals surface area (Å²) in [7, 11) is -4.06. The van der Waals surface area contributed by atoms with Crippen LogP contribution in [0.25, 0.3) is 22.2 Å². The number of imidazole rings is 1. The summed E-state index contributed by atoms with van der Waals surface area (Å²) in [5.74, 6) is 0.0148. The van der Waals surface area contributed by atoms with Gasteiger partial charge in [-0.1, -0.05) is 84.4 Å². The van der Waals surface area contributed by atoms with E-state index in [0.29, 0.717) is 22.6 Å². The number of benzene rings is 4. The van der Waals surface area contributed by atoms with Gasteiger partial charge in [-0.25, -0.2) is 9.71 Å². The first-order chi connectivity index (χ1) is 18.3. The molecular weight excluding hydrogens is 520 g/mol. The molecule has 0 fully saturated rings. The number of halogens is 1. The van der Waals surface area contributed by atoms with Gasteiger partial charge in [-0.3, -0.25) is 4.79 Å². The summed E-state index contributed by atoms with van der Waals surface area (Å²) in [5.41, 5.74) is 5.38. The molecule has 192 valence electrons. The molecule has 38 heavy (non-hydrogen) atoms. The van der Waals surface area contributed by atoms with E-state index in [1.54, 1.807) is 30.3 Å². The average molecular weight is 545 g/mol. The molecule has 2 N–H and O–H groups in total. The molecule has 1 heterocycles. The third-order valence-corrected chi connectivity index (χ3v) is 7.56. The van der Waals surface area contributed by atoms with Crippen molar-refractivity contribution < 1.29 is 13.2 Å². The van der Waals surface area contributed by atoms with Crippen LogP contribution in [0, 0.1) is 6.92 Å². The van der Waals surface area contributed by atoms with Crippen molar-refractivity contribution in [2.75, 3.05) is 0 Å². The molecule has 7 nitrogen and oxygen atoms in total. The van der Waals surface area contributed by atoms with E-state index in [4.69, 9.17) is 11.6 Å². The van der Waals surface area contributed by atoms with Crippen LogP contribution in [0.1, 0.15) is 27.3 Å². The van der Waals surface area contributed by atoms with Crippen molar-refractivity contribution in [3.05, 3.63) is 125 Å². The van der Waals surface area contributed by atoms with Crippen molar-refractivity contribution >= 4 is 38.8 Å². The number of fused-ring (bicyclic) bond motifs is 1. The van der Waals surface area contributed by atoms with E-state index < -0.39 is 16.1 Å². The van der Waals surface area contributed by atoms with Gasteiger partial charge in [-0.05, 0) is 53.4 Å². The van der Waals surface area contributed by atoms with Gasteiger partial charge < -0.3 is 4.57 Å². The molecule has 9 heteroatoms. The van der Waals surface area contributed by atoms with Gasteiger partial charge in [-0.15, -0.1) is 0 Å². The summed E-state index contributed by atoms with van der Waals surface area (Å²) in [6.07, 6.45) is 0. The second kappa shape index (κ2) is 10.8. The van der Waals surface area contributed by atoms with Crippen molar-refractivity contribution in [3.8, 4) is 11.1 Å². The maximum absolute atomic E-state index is 12.8. The summed E-state index contributed by atoms with van der Waals surface area (Å²) in [6.45, 7) is 2.39. The topological polar surface area (TPSA) is 93.1 Å².